The third-order valence-corrected chi connectivity index (χ3v) is 2.25. The lowest BCUT2D eigenvalue weighted by Gasteiger charge is -2.19. The first kappa shape index (κ1) is 14.4. The Bertz CT molecular complexity index is 410. The first-order valence-corrected chi connectivity index (χ1v) is 5.09. The minimum Gasteiger partial charge on any atom is -0.485 e. The zero-order valence-corrected chi connectivity index (χ0v) is 9.96. The quantitative estimate of drug-likeness (QED) is 0.657. The van der Waals surface area contributed by atoms with Gasteiger partial charge in [-0.25, -0.2) is 8.78 Å². The third-order valence-electron chi connectivity index (χ3n) is 2.25. The summed E-state index contributed by atoms with van der Waals surface area (Å²) in [5.74, 6) is -4.23. The summed E-state index contributed by atoms with van der Waals surface area (Å²) >= 11 is 0. The van der Waals surface area contributed by atoms with Gasteiger partial charge in [0, 0.05) is 25.8 Å². The normalized spacial score (nSPS) is 11.7. The Morgan fingerprint density at radius 2 is 1.94 bits per heavy atom. The van der Waals surface area contributed by atoms with E-state index in [4.69, 9.17) is 5.73 Å². The van der Waals surface area contributed by atoms with Gasteiger partial charge in [0.05, 0.1) is 5.69 Å². The minimum atomic E-state index is -4.19. The van der Waals surface area contributed by atoms with E-state index >= 15 is 0 Å². The molecule has 102 valence electrons. The molecule has 1 rings (SSSR count). The minimum absolute atomic E-state index is 0.0403. The van der Waals surface area contributed by atoms with Gasteiger partial charge >= 0.3 is 12.3 Å². The van der Waals surface area contributed by atoms with Gasteiger partial charge in [-0.05, 0) is 12.1 Å². The van der Waals surface area contributed by atoms with Crippen LogP contribution in [-0.2, 0) is 0 Å². The highest BCUT2D eigenvalue weighted by molar-refractivity contribution is 5.61. The summed E-state index contributed by atoms with van der Waals surface area (Å²) in [6, 6.07) is 4.54. The molecule has 0 spiro atoms. The number of nitrogens with zero attached hydrogens (tertiary/aromatic N) is 1. The fourth-order valence-corrected chi connectivity index (χ4v) is 1.16. The maximum absolute atomic E-state index is 12.7. The molecule has 0 aliphatic rings. The third kappa shape index (κ3) is 3.41. The van der Waals surface area contributed by atoms with E-state index in [0.717, 1.165) is 0 Å². The van der Waals surface area contributed by atoms with E-state index in [-0.39, 0.29) is 11.4 Å². The second-order valence-corrected chi connectivity index (χ2v) is 3.97. The number of nitrogens with two attached hydrogens (primary N) is 1. The first-order valence-electron chi connectivity index (χ1n) is 5.09. The molecule has 0 unspecified atom stereocenters. The molecule has 0 atom stereocenters. The molecule has 1 aromatic rings. The van der Waals surface area contributed by atoms with Crippen LogP contribution >= 0.6 is 0 Å². The number of ether oxygens (including phenoxy) is 1. The van der Waals surface area contributed by atoms with Crippen LogP contribution in [-0.4, -0.2) is 33.1 Å². The topological polar surface area (TPSA) is 38.5 Å². The van der Waals surface area contributed by atoms with Crippen molar-refractivity contribution in [2.24, 2.45) is 0 Å². The van der Waals surface area contributed by atoms with Gasteiger partial charge in [0.15, 0.2) is 6.61 Å². The Hall–Kier alpha value is -1.66. The van der Waals surface area contributed by atoms with Crippen LogP contribution in [0.1, 0.15) is 0 Å². The number of nitrogen functional groups attached to an aromatic ring is 1. The average molecular weight is 266 g/mol. The number of alkyl halides is 4. The summed E-state index contributed by atoms with van der Waals surface area (Å²) in [5, 5.41) is 0. The Labute approximate surface area is 102 Å². The van der Waals surface area contributed by atoms with E-state index in [1.807, 2.05) is 0 Å². The highest BCUT2D eigenvalue weighted by Crippen LogP contribution is 2.30. The van der Waals surface area contributed by atoms with Crippen LogP contribution in [0.15, 0.2) is 18.2 Å². The van der Waals surface area contributed by atoms with E-state index in [9.17, 15) is 17.6 Å². The first-order chi connectivity index (χ1) is 8.24. The molecule has 0 bridgehead atoms. The van der Waals surface area contributed by atoms with Crippen LogP contribution in [0.2, 0.25) is 0 Å². The maximum atomic E-state index is 12.7. The standard InChI is InChI=1S/C11H14F4N2O/c1-17(2)7-3-4-8(16)9(5-7)18-6-11(14,15)10(12)13/h3-5,10H,6,16H2,1-2H3. The fourth-order valence-electron chi connectivity index (χ4n) is 1.16. The van der Waals surface area contributed by atoms with Crippen molar-refractivity contribution in [2.75, 3.05) is 31.3 Å². The lowest BCUT2D eigenvalue weighted by Crippen LogP contribution is -2.33. The van der Waals surface area contributed by atoms with E-state index in [0.29, 0.717) is 5.69 Å². The summed E-state index contributed by atoms with van der Waals surface area (Å²) in [7, 11) is 3.48. The molecule has 7 heteroatoms. The highest BCUT2D eigenvalue weighted by atomic mass is 19.3. The number of hydrogen-bond acceptors (Lipinski definition) is 3. The monoisotopic (exact) mass is 266 g/mol. The van der Waals surface area contributed by atoms with E-state index in [2.05, 4.69) is 4.74 Å². The maximum Gasteiger partial charge on any atom is 0.340 e. The van der Waals surface area contributed by atoms with Crippen molar-refractivity contribution in [3.63, 3.8) is 0 Å². The lowest BCUT2D eigenvalue weighted by molar-refractivity contribution is -0.148. The molecule has 18 heavy (non-hydrogen) atoms. The summed E-state index contributed by atoms with van der Waals surface area (Å²) in [6.07, 6.45) is -3.77. The molecule has 0 heterocycles. The molecule has 3 nitrogen and oxygen atoms in total. The number of rotatable bonds is 5. The van der Waals surface area contributed by atoms with Crippen molar-refractivity contribution >= 4 is 11.4 Å². The van der Waals surface area contributed by atoms with Gasteiger partial charge in [-0.1, -0.05) is 0 Å². The molecule has 0 saturated heterocycles. The van der Waals surface area contributed by atoms with Crippen LogP contribution in [0.3, 0.4) is 0 Å². The predicted molar refractivity (Wildman–Crippen MR) is 61.6 cm³/mol. The van der Waals surface area contributed by atoms with Crippen LogP contribution in [0.25, 0.3) is 0 Å². The summed E-state index contributed by atoms with van der Waals surface area (Å²) in [6.45, 7) is -1.41. The number of halogens is 4. The molecule has 0 aliphatic heterocycles. The SMILES string of the molecule is CN(C)c1ccc(N)c(OCC(F)(F)C(F)F)c1. The number of anilines is 2. The summed E-state index contributed by atoms with van der Waals surface area (Å²) < 4.78 is 54.0. The summed E-state index contributed by atoms with van der Waals surface area (Å²) in [5.41, 5.74) is 6.30. The Kier molecular flexibility index (Phi) is 4.26. The van der Waals surface area contributed by atoms with Crippen molar-refractivity contribution < 1.29 is 22.3 Å². The Morgan fingerprint density at radius 3 is 2.44 bits per heavy atom. The molecule has 2 N–H and O–H groups in total. The molecule has 0 radical (unpaired) electrons. The van der Waals surface area contributed by atoms with Gasteiger partial charge in [0.25, 0.3) is 0 Å². The molecule has 0 fully saturated rings. The zero-order chi connectivity index (χ0) is 13.9. The van der Waals surface area contributed by atoms with Gasteiger partial charge in [-0.2, -0.15) is 8.78 Å². The van der Waals surface area contributed by atoms with Crippen LogP contribution in [0, 0.1) is 0 Å². The number of benzene rings is 1. The molecular weight excluding hydrogens is 252 g/mol. The summed E-state index contributed by atoms with van der Waals surface area (Å²) in [4.78, 5) is 1.71. The average Bonchev–Trinajstić information content (AvgIpc) is 2.27. The van der Waals surface area contributed by atoms with E-state index in [1.54, 1.807) is 25.1 Å². The van der Waals surface area contributed by atoms with Crippen molar-refractivity contribution in [1.29, 1.82) is 0 Å². The van der Waals surface area contributed by atoms with Gasteiger partial charge in [-0.15, -0.1) is 0 Å². The van der Waals surface area contributed by atoms with Crippen molar-refractivity contribution in [3.05, 3.63) is 18.2 Å². The van der Waals surface area contributed by atoms with Gasteiger partial charge < -0.3 is 15.4 Å². The second kappa shape index (κ2) is 5.32. The van der Waals surface area contributed by atoms with Crippen LogP contribution in [0.4, 0.5) is 28.9 Å². The molecule has 0 aliphatic carbocycles. The molecular formula is C11H14F4N2O. The highest BCUT2D eigenvalue weighted by Gasteiger charge is 2.41. The predicted octanol–water partition coefficient (Wildman–Crippen LogP) is 2.61. The molecule has 0 aromatic heterocycles. The second-order valence-electron chi connectivity index (χ2n) is 3.97. The molecule has 0 saturated carbocycles. The van der Waals surface area contributed by atoms with Crippen LogP contribution < -0.4 is 15.4 Å². The zero-order valence-electron chi connectivity index (χ0n) is 9.96. The van der Waals surface area contributed by atoms with E-state index in [1.165, 1.54) is 12.1 Å². The Morgan fingerprint density at radius 1 is 1.33 bits per heavy atom. The molecule has 1 aromatic carbocycles. The fraction of sp³-hybridized carbons (Fsp3) is 0.455. The van der Waals surface area contributed by atoms with Gasteiger partial charge in [-0.3, -0.25) is 0 Å². The van der Waals surface area contributed by atoms with Crippen molar-refractivity contribution in [3.8, 4) is 5.75 Å². The lowest BCUT2D eigenvalue weighted by atomic mass is 10.2. The van der Waals surface area contributed by atoms with E-state index < -0.39 is 19.0 Å². The number of hydrogen-bond donors (Lipinski definition) is 1. The Balaban J connectivity index is 2.81. The van der Waals surface area contributed by atoms with Crippen molar-refractivity contribution in [2.45, 2.75) is 12.3 Å². The molecule has 0 amide bonds. The van der Waals surface area contributed by atoms with Gasteiger partial charge in [0.2, 0.25) is 0 Å². The van der Waals surface area contributed by atoms with Crippen LogP contribution in [0.5, 0.6) is 5.75 Å². The smallest absolute Gasteiger partial charge is 0.340 e. The van der Waals surface area contributed by atoms with Crippen molar-refractivity contribution in [1.82, 2.24) is 0 Å². The van der Waals surface area contributed by atoms with Gasteiger partial charge in [0.1, 0.15) is 5.75 Å². The largest absolute Gasteiger partial charge is 0.485 e.